The fourth-order valence-corrected chi connectivity index (χ4v) is 4.50. The lowest BCUT2D eigenvalue weighted by Gasteiger charge is -2.28. The van der Waals surface area contributed by atoms with Crippen molar-refractivity contribution in [2.24, 2.45) is 0 Å². The third kappa shape index (κ3) is 5.51. The van der Waals surface area contributed by atoms with Gasteiger partial charge >= 0.3 is 0 Å². The number of ketones is 1. The first-order valence-corrected chi connectivity index (χ1v) is 12.2. The van der Waals surface area contributed by atoms with Gasteiger partial charge in [0.05, 0.1) is 18.2 Å². The number of hydrogen-bond acceptors (Lipinski definition) is 6. The molecular weight excluding hydrogens is 442 g/mol. The zero-order valence-corrected chi connectivity index (χ0v) is 21.7. The van der Waals surface area contributed by atoms with E-state index in [1.54, 1.807) is 17.0 Å². The summed E-state index contributed by atoms with van der Waals surface area (Å²) in [5.41, 5.74) is 3.21. The molecule has 0 aromatic heterocycles. The summed E-state index contributed by atoms with van der Waals surface area (Å²) in [5.74, 6) is -0.700. The number of anilines is 1. The van der Waals surface area contributed by atoms with E-state index < -0.39 is 17.7 Å². The maximum atomic E-state index is 13.3. The Morgan fingerprint density at radius 3 is 2.23 bits per heavy atom. The molecule has 2 aromatic carbocycles. The van der Waals surface area contributed by atoms with E-state index >= 15 is 0 Å². The van der Waals surface area contributed by atoms with Crippen LogP contribution in [0, 0.1) is 6.92 Å². The Morgan fingerprint density at radius 1 is 1.03 bits per heavy atom. The van der Waals surface area contributed by atoms with E-state index in [0.29, 0.717) is 31.0 Å². The molecule has 1 fully saturated rings. The minimum absolute atomic E-state index is 0.124. The number of benzene rings is 2. The largest absolute Gasteiger partial charge is 0.507 e. The van der Waals surface area contributed by atoms with Crippen molar-refractivity contribution in [3.8, 4) is 5.75 Å². The number of likely N-dealkylation sites (tertiary alicyclic amines) is 1. The number of carbonyl (C=O) groups is 2. The Hall–Kier alpha value is -3.32. The van der Waals surface area contributed by atoms with E-state index in [2.05, 4.69) is 18.7 Å². The normalized spacial score (nSPS) is 17.3. The number of aliphatic hydroxyl groups is 1. The number of amides is 1. The minimum Gasteiger partial charge on any atom is -0.507 e. The van der Waals surface area contributed by atoms with Gasteiger partial charge in [0.15, 0.2) is 0 Å². The lowest BCUT2D eigenvalue weighted by atomic mass is 9.93. The molecule has 1 N–H and O–H groups in total. The van der Waals surface area contributed by atoms with Crippen LogP contribution < -0.4 is 9.64 Å². The van der Waals surface area contributed by atoms with Gasteiger partial charge in [-0.1, -0.05) is 26.0 Å². The lowest BCUT2D eigenvalue weighted by molar-refractivity contribution is -0.140. The Bertz CT molecular complexity index is 1090. The first-order chi connectivity index (χ1) is 16.7. The maximum absolute atomic E-state index is 13.3. The highest BCUT2D eigenvalue weighted by molar-refractivity contribution is 6.46. The average Bonchev–Trinajstić information content (AvgIpc) is 3.09. The van der Waals surface area contributed by atoms with Crippen LogP contribution in [-0.2, 0) is 9.59 Å². The molecule has 3 rings (SSSR count). The average molecular weight is 480 g/mol. The smallest absolute Gasteiger partial charge is 0.295 e. The van der Waals surface area contributed by atoms with Gasteiger partial charge in [-0.05, 0) is 68.4 Å². The molecule has 1 atom stereocenters. The summed E-state index contributed by atoms with van der Waals surface area (Å²) >= 11 is 0. The molecule has 188 valence electrons. The van der Waals surface area contributed by atoms with Gasteiger partial charge < -0.3 is 24.5 Å². The van der Waals surface area contributed by atoms with Gasteiger partial charge in [-0.25, -0.2) is 0 Å². The summed E-state index contributed by atoms with van der Waals surface area (Å²) < 4.78 is 5.56. The van der Waals surface area contributed by atoms with Crippen molar-refractivity contribution in [3.05, 3.63) is 64.7 Å². The second-order valence-corrected chi connectivity index (χ2v) is 8.92. The highest BCUT2D eigenvalue weighted by Gasteiger charge is 2.46. The zero-order valence-electron chi connectivity index (χ0n) is 21.7. The van der Waals surface area contributed by atoms with Gasteiger partial charge in [-0.2, -0.15) is 0 Å². The van der Waals surface area contributed by atoms with Crippen LogP contribution in [0.4, 0.5) is 5.69 Å². The van der Waals surface area contributed by atoms with Crippen LogP contribution in [0.3, 0.4) is 0 Å². The van der Waals surface area contributed by atoms with Gasteiger partial charge in [0.1, 0.15) is 11.5 Å². The fraction of sp³-hybridized carbons (Fsp3) is 0.429. The van der Waals surface area contributed by atoms with Crippen LogP contribution in [0.1, 0.15) is 43.5 Å². The SMILES string of the molecule is CCOc1ccc(/C(O)=C2/C(=O)C(=O)N(CCN(CC)CC)C2c2ccc(N(C)C)cc2)c(C)c1. The van der Waals surface area contributed by atoms with Gasteiger partial charge in [-0.3, -0.25) is 9.59 Å². The highest BCUT2D eigenvalue weighted by atomic mass is 16.5. The van der Waals surface area contributed by atoms with Crippen LogP contribution in [0.5, 0.6) is 5.75 Å². The fourth-order valence-electron chi connectivity index (χ4n) is 4.50. The number of carbonyl (C=O) groups excluding carboxylic acids is 2. The number of nitrogens with zero attached hydrogens (tertiary/aromatic N) is 3. The second kappa shape index (κ2) is 11.4. The summed E-state index contributed by atoms with van der Waals surface area (Å²) in [5, 5.41) is 11.4. The van der Waals surface area contributed by atoms with E-state index in [1.807, 2.05) is 63.2 Å². The van der Waals surface area contributed by atoms with Crippen molar-refractivity contribution >= 4 is 23.1 Å². The number of hydrogen-bond donors (Lipinski definition) is 1. The van der Waals surface area contributed by atoms with E-state index in [4.69, 9.17) is 4.74 Å². The van der Waals surface area contributed by atoms with E-state index in [9.17, 15) is 14.7 Å². The Kier molecular flexibility index (Phi) is 8.57. The van der Waals surface area contributed by atoms with E-state index in [0.717, 1.165) is 29.9 Å². The van der Waals surface area contributed by atoms with Crippen molar-refractivity contribution in [1.29, 1.82) is 0 Å². The number of aliphatic hydroxyl groups excluding tert-OH is 1. The number of aryl methyl sites for hydroxylation is 1. The van der Waals surface area contributed by atoms with E-state index in [1.165, 1.54) is 0 Å². The first-order valence-electron chi connectivity index (χ1n) is 12.2. The molecule has 7 nitrogen and oxygen atoms in total. The molecule has 0 saturated carbocycles. The van der Waals surface area contributed by atoms with E-state index in [-0.39, 0.29) is 11.3 Å². The topological polar surface area (TPSA) is 73.3 Å². The maximum Gasteiger partial charge on any atom is 0.295 e. The Balaban J connectivity index is 2.11. The number of rotatable bonds is 10. The van der Waals surface area contributed by atoms with Gasteiger partial charge in [-0.15, -0.1) is 0 Å². The zero-order chi connectivity index (χ0) is 25.7. The summed E-state index contributed by atoms with van der Waals surface area (Å²) in [6.07, 6.45) is 0. The van der Waals surface area contributed by atoms with Crippen molar-refractivity contribution in [3.63, 3.8) is 0 Å². The summed E-state index contributed by atoms with van der Waals surface area (Å²) in [6, 6.07) is 12.4. The Morgan fingerprint density at radius 2 is 1.69 bits per heavy atom. The molecule has 7 heteroatoms. The third-order valence-corrected chi connectivity index (χ3v) is 6.58. The van der Waals surface area contributed by atoms with Gasteiger partial charge in [0.25, 0.3) is 11.7 Å². The molecule has 1 heterocycles. The highest BCUT2D eigenvalue weighted by Crippen LogP contribution is 2.40. The van der Waals surface area contributed by atoms with Gasteiger partial charge in [0, 0.05) is 38.4 Å². The van der Waals surface area contributed by atoms with Crippen molar-refractivity contribution in [2.45, 2.75) is 33.7 Å². The second-order valence-electron chi connectivity index (χ2n) is 8.92. The Labute approximate surface area is 208 Å². The minimum atomic E-state index is -0.659. The first kappa shape index (κ1) is 26.3. The quantitative estimate of drug-likeness (QED) is 0.312. The monoisotopic (exact) mass is 479 g/mol. The van der Waals surface area contributed by atoms with Crippen molar-refractivity contribution in [1.82, 2.24) is 9.80 Å². The molecule has 0 bridgehead atoms. The molecule has 1 amide bonds. The summed E-state index contributed by atoms with van der Waals surface area (Å²) in [7, 11) is 3.92. The molecule has 0 spiro atoms. The predicted octanol–water partition coefficient (Wildman–Crippen LogP) is 4.22. The van der Waals surface area contributed by atoms with Crippen LogP contribution in [-0.4, -0.2) is 73.5 Å². The van der Waals surface area contributed by atoms with Crippen LogP contribution in [0.25, 0.3) is 5.76 Å². The van der Waals surface area contributed by atoms with Crippen LogP contribution in [0.15, 0.2) is 48.0 Å². The lowest BCUT2D eigenvalue weighted by Crippen LogP contribution is -2.38. The molecule has 1 aliphatic heterocycles. The molecule has 0 aliphatic carbocycles. The molecular formula is C28H37N3O4. The molecule has 2 aromatic rings. The molecule has 1 saturated heterocycles. The third-order valence-electron chi connectivity index (χ3n) is 6.58. The number of Topliss-reactive ketones (excluding diaryl/α,β-unsaturated/α-hetero) is 1. The summed E-state index contributed by atoms with van der Waals surface area (Å²) in [6.45, 7) is 11.2. The van der Waals surface area contributed by atoms with Crippen molar-refractivity contribution < 1.29 is 19.4 Å². The van der Waals surface area contributed by atoms with Gasteiger partial charge in [0.2, 0.25) is 0 Å². The van der Waals surface area contributed by atoms with Crippen LogP contribution >= 0.6 is 0 Å². The van der Waals surface area contributed by atoms with Crippen LogP contribution in [0.2, 0.25) is 0 Å². The molecule has 35 heavy (non-hydrogen) atoms. The van der Waals surface area contributed by atoms with Crippen molar-refractivity contribution in [2.75, 3.05) is 51.8 Å². The number of likely N-dealkylation sites (N-methyl/N-ethyl adjacent to an activating group) is 1. The predicted molar refractivity (Wildman–Crippen MR) is 140 cm³/mol. The summed E-state index contributed by atoms with van der Waals surface area (Å²) in [4.78, 5) is 32.3. The molecule has 1 aliphatic rings. The molecule has 0 radical (unpaired) electrons. The standard InChI is InChI=1S/C28H37N3O4/c1-7-30(8-2)16-17-31-25(20-10-12-21(13-11-20)29(5)6)24(27(33)28(31)34)26(32)23-15-14-22(35-9-3)18-19(23)4/h10-15,18,25,32H,7-9,16-17H2,1-6H3/b26-24-. The molecule has 1 unspecified atom stereocenters. The number of ether oxygens (including phenoxy) is 1.